The Morgan fingerprint density at radius 1 is 1.31 bits per heavy atom. The van der Waals surface area contributed by atoms with E-state index in [0.717, 1.165) is 5.52 Å². The average molecular weight is 216 g/mol. The molecule has 0 bridgehead atoms. The van der Waals surface area contributed by atoms with Gasteiger partial charge in [-0.05, 0) is 30.5 Å². The Morgan fingerprint density at radius 3 is 2.75 bits per heavy atom. The Bertz CT molecular complexity index is 526. The van der Waals surface area contributed by atoms with Crippen LogP contribution in [0.1, 0.15) is 5.56 Å². The molecule has 1 amide bonds. The Hall–Kier alpha value is -1.77. The van der Waals surface area contributed by atoms with E-state index in [1.807, 2.05) is 16.8 Å². The molecule has 0 spiro atoms. The number of hydrogen-bond acceptors (Lipinski definition) is 1. The summed E-state index contributed by atoms with van der Waals surface area (Å²) in [7, 11) is 3.55. The van der Waals surface area contributed by atoms with Crippen LogP contribution in [0, 0.1) is 6.92 Å². The maximum Gasteiger partial charge on any atom is 0.241 e. The maximum absolute atomic E-state index is 11.6. The molecule has 2 rings (SSSR count). The van der Waals surface area contributed by atoms with Crippen molar-refractivity contribution in [1.29, 1.82) is 0 Å². The smallest absolute Gasteiger partial charge is 0.241 e. The predicted molar refractivity (Wildman–Crippen MR) is 65.4 cm³/mol. The first-order chi connectivity index (χ1) is 7.58. The van der Waals surface area contributed by atoms with Crippen LogP contribution in [-0.2, 0) is 11.3 Å². The minimum Gasteiger partial charge on any atom is -0.347 e. The van der Waals surface area contributed by atoms with Gasteiger partial charge in [-0.1, -0.05) is 11.6 Å². The van der Waals surface area contributed by atoms with Crippen LogP contribution in [0.2, 0.25) is 0 Å². The number of carbonyl (C=O) groups excluding carboxylic acids is 1. The zero-order chi connectivity index (χ0) is 11.7. The molecule has 84 valence electrons. The van der Waals surface area contributed by atoms with Gasteiger partial charge >= 0.3 is 0 Å². The zero-order valence-electron chi connectivity index (χ0n) is 9.90. The van der Waals surface area contributed by atoms with Gasteiger partial charge in [0.1, 0.15) is 6.54 Å². The Kier molecular flexibility index (Phi) is 2.69. The second-order valence-electron chi connectivity index (χ2n) is 4.29. The Morgan fingerprint density at radius 2 is 2.06 bits per heavy atom. The molecule has 0 saturated heterocycles. The third-order valence-corrected chi connectivity index (χ3v) is 2.73. The second kappa shape index (κ2) is 4.00. The molecule has 1 aromatic heterocycles. The highest BCUT2D eigenvalue weighted by Gasteiger charge is 2.07. The van der Waals surface area contributed by atoms with Crippen molar-refractivity contribution < 1.29 is 4.79 Å². The number of benzene rings is 1. The van der Waals surface area contributed by atoms with Crippen molar-refractivity contribution in [3.05, 3.63) is 36.0 Å². The number of likely N-dealkylation sites (N-methyl/N-ethyl adjacent to an activating group) is 1. The summed E-state index contributed by atoms with van der Waals surface area (Å²) in [4.78, 5) is 13.2. The van der Waals surface area contributed by atoms with Crippen LogP contribution in [-0.4, -0.2) is 29.5 Å². The lowest BCUT2D eigenvalue weighted by Gasteiger charge is -2.11. The lowest BCUT2D eigenvalue weighted by Crippen LogP contribution is -2.25. The highest BCUT2D eigenvalue weighted by Crippen LogP contribution is 2.17. The highest BCUT2D eigenvalue weighted by atomic mass is 16.2. The summed E-state index contributed by atoms with van der Waals surface area (Å²) in [6.45, 7) is 2.47. The summed E-state index contributed by atoms with van der Waals surface area (Å²) in [5.74, 6) is 0.109. The van der Waals surface area contributed by atoms with Crippen molar-refractivity contribution in [1.82, 2.24) is 9.47 Å². The van der Waals surface area contributed by atoms with Gasteiger partial charge in [-0.3, -0.25) is 4.79 Å². The quantitative estimate of drug-likeness (QED) is 0.754. The van der Waals surface area contributed by atoms with E-state index in [9.17, 15) is 4.79 Å². The first-order valence-electron chi connectivity index (χ1n) is 5.33. The van der Waals surface area contributed by atoms with E-state index in [0.29, 0.717) is 6.54 Å². The summed E-state index contributed by atoms with van der Waals surface area (Å²) >= 11 is 0. The molecule has 16 heavy (non-hydrogen) atoms. The fourth-order valence-corrected chi connectivity index (χ4v) is 1.74. The summed E-state index contributed by atoms with van der Waals surface area (Å²) in [6.07, 6.45) is 1.96. The van der Waals surface area contributed by atoms with Gasteiger partial charge in [0.25, 0.3) is 0 Å². The van der Waals surface area contributed by atoms with Gasteiger partial charge in [-0.25, -0.2) is 0 Å². The topological polar surface area (TPSA) is 25.2 Å². The van der Waals surface area contributed by atoms with Crippen molar-refractivity contribution in [2.75, 3.05) is 14.1 Å². The molecular weight excluding hydrogens is 200 g/mol. The first kappa shape index (κ1) is 10.7. The van der Waals surface area contributed by atoms with E-state index in [2.05, 4.69) is 25.1 Å². The van der Waals surface area contributed by atoms with E-state index < -0.39 is 0 Å². The summed E-state index contributed by atoms with van der Waals surface area (Å²) in [5, 5.41) is 1.19. The van der Waals surface area contributed by atoms with Gasteiger partial charge in [0, 0.05) is 25.8 Å². The molecule has 0 radical (unpaired) electrons. The third kappa shape index (κ3) is 1.94. The fourth-order valence-electron chi connectivity index (χ4n) is 1.74. The van der Waals surface area contributed by atoms with Crippen molar-refractivity contribution in [2.45, 2.75) is 13.5 Å². The lowest BCUT2D eigenvalue weighted by molar-refractivity contribution is -0.129. The number of rotatable bonds is 2. The molecular formula is C13H16N2O. The number of carbonyl (C=O) groups is 1. The van der Waals surface area contributed by atoms with Crippen LogP contribution < -0.4 is 0 Å². The number of aryl methyl sites for hydroxylation is 1. The van der Waals surface area contributed by atoms with Gasteiger partial charge in [0.2, 0.25) is 5.91 Å². The molecule has 0 unspecified atom stereocenters. The molecule has 0 aliphatic carbocycles. The molecule has 0 fully saturated rings. The van der Waals surface area contributed by atoms with Crippen molar-refractivity contribution in [3.63, 3.8) is 0 Å². The minimum absolute atomic E-state index is 0.109. The van der Waals surface area contributed by atoms with Gasteiger partial charge in [-0.2, -0.15) is 0 Å². The van der Waals surface area contributed by atoms with Crippen molar-refractivity contribution in [3.8, 4) is 0 Å². The Balaban J connectivity index is 2.35. The number of fused-ring (bicyclic) bond motifs is 1. The zero-order valence-corrected chi connectivity index (χ0v) is 9.90. The SMILES string of the molecule is Cc1ccc2c(ccn2CC(=O)N(C)C)c1. The maximum atomic E-state index is 11.6. The largest absolute Gasteiger partial charge is 0.347 e. The van der Waals surface area contributed by atoms with Gasteiger partial charge in [-0.15, -0.1) is 0 Å². The van der Waals surface area contributed by atoms with E-state index in [4.69, 9.17) is 0 Å². The van der Waals surface area contributed by atoms with E-state index in [1.54, 1.807) is 19.0 Å². The van der Waals surface area contributed by atoms with Gasteiger partial charge < -0.3 is 9.47 Å². The Labute approximate surface area is 95.3 Å². The van der Waals surface area contributed by atoms with Crippen LogP contribution in [0.15, 0.2) is 30.5 Å². The standard InChI is InChI=1S/C13H16N2O/c1-10-4-5-12-11(8-10)6-7-15(12)9-13(16)14(2)3/h4-8H,9H2,1-3H3. The highest BCUT2D eigenvalue weighted by molar-refractivity contribution is 5.83. The average Bonchev–Trinajstić information content (AvgIpc) is 2.60. The van der Waals surface area contributed by atoms with E-state index in [1.165, 1.54) is 10.9 Å². The van der Waals surface area contributed by atoms with E-state index in [-0.39, 0.29) is 5.91 Å². The van der Waals surface area contributed by atoms with Crippen LogP contribution >= 0.6 is 0 Å². The molecule has 0 N–H and O–H groups in total. The van der Waals surface area contributed by atoms with Gasteiger partial charge in [0.15, 0.2) is 0 Å². The molecule has 0 aliphatic rings. The van der Waals surface area contributed by atoms with Gasteiger partial charge in [0.05, 0.1) is 0 Å². The fraction of sp³-hybridized carbons (Fsp3) is 0.308. The number of amides is 1. The van der Waals surface area contributed by atoms with Crippen molar-refractivity contribution >= 4 is 16.8 Å². The minimum atomic E-state index is 0.109. The monoisotopic (exact) mass is 216 g/mol. The first-order valence-corrected chi connectivity index (χ1v) is 5.33. The number of aromatic nitrogens is 1. The molecule has 3 heteroatoms. The van der Waals surface area contributed by atoms with Crippen LogP contribution in [0.3, 0.4) is 0 Å². The normalized spacial score (nSPS) is 10.7. The van der Waals surface area contributed by atoms with Crippen LogP contribution in [0.4, 0.5) is 0 Å². The summed E-state index contributed by atoms with van der Waals surface area (Å²) < 4.78 is 1.98. The third-order valence-electron chi connectivity index (χ3n) is 2.73. The van der Waals surface area contributed by atoms with E-state index >= 15 is 0 Å². The molecule has 3 nitrogen and oxygen atoms in total. The summed E-state index contributed by atoms with van der Waals surface area (Å²) in [6, 6.07) is 8.31. The molecule has 0 saturated carbocycles. The molecule has 1 heterocycles. The second-order valence-corrected chi connectivity index (χ2v) is 4.29. The predicted octanol–water partition coefficient (Wildman–Crippen LogP) is 2.04. The molecule has 2 aromatic rings. The molecule has 0 aliphatic heterocycles. The molecule has 0 atom stereocenters. The number of hydrogen-bond donors (Lipinski definition) is 0. The van der Waals surface area contributed by atoms with Crippen LogP contribution in [0.25, 0.3) is 10.9 Å². The van der Waals surface area contributed by atoms with Crippen molar-refractivity contribution in [2.24, 2.45) is 0 Å². The van der Waals surface area contributed by atoms with Crippen LogP contribution in [0.5, 0.6) is 0 Å². The summed E-state index contributed by atoms with van der Waals surface area (Å²) in [5.41, 5.74) is 2.35. The molecule has 1 aromatic carbocycles. The number of nitrogens with zero attached hydrogens (tertiary/aromatic N) is 2. The lowest BCUT2D eigenvalue weighted by atomic mass is 10.2.